The van der Waals surface area contributed by atoms with Crippen molar-refractivity contribution < 1.29 is 161 Å². The van der Waals surface area contributed by atoms with Crippen molar-refractivity contribution in [2.24, 2.45) is 22.6 Å². The zero-order chi connectivity index (χ0) is 68.5. The number of phosphoric ester groups is 1. The van der Waals surface area contributed by atoms with E-state index in [9.17, 15) is 99.5 Å². The van der Waals surface area contributed by atoms with E-state index in [1.807, 2.05) is 19.9 Å². The highest BCUT2D eigenvalue weighted by Crippen LogP contribution is 2.49. The van der Waals surface area contributed by atoms with Gasteiger partial charge in [0.2, 0.25) is 23.6 Å². The smallest absolute Gasteiger partial charge is 0.474 e. The topological polar surface area (TPSA) is 605 Å². The van der Waals surface area contributed by atoms with Crippen molar-refractivity contribution >= 4 is 43.5 Å². The molecule has 5 fully saturated rings. The number of nitrogens with two attached hydrogens (primary N) is 3. The van der Waals surface area contributed by atoms with Crippen molar-refractivity contribution in [2.45, 2.75) is 233 Å². The summed E-state index contributed by atoms with van der Waals surface area (Å²) in [4.78, 5) is 87.3. The van der Waals surface area contributed by atoms with Crippen LogP contribution in [0.25, 0.3) is 0 Å². The molecule has 21 N–H and O–H groups in total. The van der Waals surface area contributed by atoms with Crippen molar-refractivity contribution in [3.63, 3.8) is 0 Å². The van der Waals surface area contributed by atoms with E-state index in [1.165, 1.54) is 13.0 Å². The highest BCUT2D eigenvalue weighted by molar-refractivity contribution is 7.47. The Morgan fingerprint density at radius 1 is 0.714 bits per heavy atom. The summed E-state index contributed by atoms with van der Waals surface area (Å²) in [6.07, 6.45) is -46.3. The first kappa shape index (κ1) is 77.1. The van der Waals surface area contributed by atoms with Crippen LogP contribution in [0.1, 0.15) is 67.7 Å². The SMILES string of the molecule is C=CC(C)(CCCC=C(C)C)C(O)CO[C@H](COP(=O)(O)O[C@H]1O[C@H](C(N)=O)[C@@](C)(O)[C@H](OC(N)=O)[C@H]1O[C@@H]1O[C@H](CO[C@@H]2O[C@H](CO)[C@@H](O)[C@H](O)[C@H]2O)[C@@H](O[C@@H]2O[C@H](C)[C@@H](O[C@@H]3O[C@H](C(N)=O)[C@H](O)[C@H](O)[C@H]3O)[C@H](O)[C@H]2NC(C)=O)[C@H](O)[C@H]1NC(C)=O)C(=O)O. The van der Waals surface area contributed by atoms with Crippen LogP contribution in [0.4, 0.5) is 4.79 Å². The summed E-state index contributed by atoms with van der Waals surface area (Å²) in [7, 11) is -5.88. The molecule has 0 saturated carbocycles. The predicted octanol–water partition coefficient (Wildman–Crippen LogP) is -7.83. The summed E-state index contributed by atoms with van der Waals surface area (Å²) >= 11 is 0. The Hall–Kier alpha value is -4.63. The number of unbranched alkanes of at least 4 members (excludes halogenated alkanes) is 1. The maximum absolute atomic E-state index is 14.0. The minimum absolute atomic E-state index is 0.373. The lowest BCUT2D eigenvalue weighted by atomic mass is 9.79. The molecule has 5 amide bonds. The quantitative estimate of drug-likeness (QED) is 0.0180. The number of primary amides is 3. The Kier molecular flexibility index (Phi) is 27.7. The lowest BCUT2D eigenvalue weighted by molar-refractivity contribution is -0.375. The molecule has 3 unspecified atom stereocenters. The van der Waals surface area contributed by atoms with Gasteiger partial charge in [-0.15, -0.1) is 6.58 Å². The first-order valence-electron chi connectivity index (χ1n) is 28.5. The Bertz CT molecular complexity index is 2570. The molecule has 0 aromatic heterocycles. The number of aliphatic carboxylic acids is 1. The molecule has 0 spiro atoms. The second kappa shape index (κ2) is 32.7. The first-order chi connectivity index (χ1) is 42.3. The number of nitrogens with one attached hydrogen (secondary N) is 2. The maximum Gasteiger partial charge on any atom is 0.474 e. The van der Waals surface area contributed by atoms with Gasteiger partial charge in [-0.05, 0) is 47.0 Å². The number of hydrogen-bond acceptors (Lipinski definition) is 31. The molecule has 5 aliphatic rings. The van der Waals surface area contributed by atoms with Gasteiger partial charge in [-0.1, -0.05) is 24.6 Å². The minimum atomic E-state index is -5.88. The summed E-state index contributed by atoms with van der Waals surface area (Å²) in [5.74, 6) is -6.55. The fourth-order valence-electron chi connectivity index (χ4n) is 10.5. The van der Waals surface area contributed by atoms with Gasteiger partial charge in [-0.25, -0.2) is 14.2 Å². The third kappa shape index (κ3) is 19.3. The van der Waals surface area contributed by atoms with E-state index < -0.39 is 240 Å². The number of hydrogen-bond donors (Lipinski definition) is 18. The summed E-state index contributed by atoms with van der Waals surface area (Å²) in [6.45, 7) is 9.06. The van der Waals surface area contributed by atoms with Gasteiger partial charge in [-0.2, -0.15) is 0 Å². The zero-order valence-corrected chi connectivity index (χ0v) is 51.4. The van der Waals surface area contributed by atoms with Crippen molar-refractivity contribution in [2.75, 3.05) is 26.4 Å². The molecule has 5 saturated heterocycles. The van der Waals surface area contributed by atoms with E-state index >= 15 is 0 Å². The Balaban J connectivity index is 1.53. The van der Waals surface area contributed by atoms with E-state index in [0.717, 1.165) is 26.3 Å². The number of allylic oxidation sites excluding steroid dienone is 2. The monoisotopic (exact) mass is 1340 g/mol. The second-order valence-electron chi connectivity index (χ2n) is 23.1. The normalized spacial score (nSPS) is 39.8. The molecule has 5 heterocycles. The molecule has 5 aliphatic heterocycles. The van der Waals surface area contributed by atoms with Crippen LogP contribution in [0.2, 0.25) is 0 Å². The van der Waals surface area contributed by atoms with Crippen LogP contribution in [0.3, 0.4) is 0 Å². The highest BCUT2D eigenvalue weighted by Gasteiger charge is 2.62. The summed E-state index contributed by atoms with van der Waals surface area (Å²) < 4.78 is 87.7. The standard InChI is InChI=1S/C52H86N5O33P/c1-9-51(7,13-11-10-12-18(2)3)25(61)17-78-24(44(72)73)16-80-91(76,77)90-49-39(40(89-50(55)74)52(8,75)41(88-49)43(54)71)87-46-27(57-21(6)60)30(64)37(23(83-46)15-79-47-34(68)31(65)28(62)22(14-58)82-47)85-45-26(56-20(5)59)29(63)36(19(4)81-45)84-48-35(69)32(66)33(67)38(86-48)42(53)70/h9,12,19,22-41,45-49,58,61-69,75H,1,10-11,13-17H2,2-8H3,(H2,53,70)(H2,54,71)(H2,55,74)(H,56,59)(H,57,60)(H,72,73)(H,76,77)/t19-,22-,23-,24-,25?,26-,27-,28-,29-,30-,31+,32+,33-,34-,35-,36-,37-,38+,39-,40-,41-,45+,46+,47-,48-,49-,51?,52+/m1/s1. The van der Waals surface area contributed by atoms with Gasteiger partial charge in [0, 0.05) is 19.3 Å². The number of carbonyl (C=O) groups is 6. The van der Waals surface area contributed by atoms with Crippen molar-refractivity contribution in [3.8, 4) is 0 Å². The molecule has 91 heavy (non-hydrogen) atoms. The number of phosphoric acid groups is 1. The summed E-state index contributed by atoms with van der Waals surface area (Å²) in [5, 5.41) is 136. The molecule has 0 aromatic carbocycles. The predicted molar refractivity (Wildman–Crippen MR) is 295 cm³/mol. The van der Waals surface area contributed by atoms with E-state index in [0.29, 0.717) is 19.3 Å². The average Bonchev–Trinajstić information content (AvgIpc) is 0.766. The van der Waals surface area contributed by atoms with Crippen molar-refractivity contribution in [1.82, 2.24) is 10.6 Å². The fourth-order valence-corrected chi connectivity index (χ4v) is 11.4. The molecule has 0 aliphatic carbocycles. The molecular formula is C52H86N5O33P. The molecule has 0 aromatic rings. The van der Waals surface area contributed by atoms with Gasteiger partial charge >= 0.3 is 19.9 Å². The van der Waals surface area contributed by atoms with Gasteiger partial charge in [0.15, 0.2) is 62.0 Å². The van der Waals surface area contributed by atoms with Gasteiger partial charge in [0.1, 0.15) is 90.9 Å². The number of carboxylic acids is 1. The number of amides is 5. The minimum Gasteiger partial charge on any atom is -0.479 e. The van der Waals surface area contributed by atoms with Crippen LogP contribution in [0.5, 0.6) is 0 Å². The summed E-state index contributed by atoms with van der Waals surface area (Å²) in [6, 6.07) is -3.92. The lowest BCUT2D eigenvalue weighted by Crippen LogP contribution is -2.72. The number of ether oxygens (including phenoxy) is 11. The van der Waals surface area contributed by atoms with Crippen LogP contribution in [0, 0.1) is 5.41 Å². The molecular weight excluding hydrogens is 1250 g/mol. The van der Waals surface area contributed by atoms with Crippen LogP contribution < -0.4 is 27.8 Å². The lowest BCUT2D eigenvalue weighted by Gasteiger charge is -2.52. The first-order valence-corrected chi connectivity index (χ1v) is 30.0. The number of aliphatic hydroxyl groups is 11. The molecule has 0 radical (unpaired) electrons. The van der Waals surface area contributed by atoms with Gasteiger partial charge in [0.05, 0.1) is 38.6 Å². The zero-order valence-electron chi connectivity index (χ0n) is 50.5. The maximum atomic E-state index is 14.0. The number of carboxylic acid groups (broad SMARTS) is 1. The molecule has 522 valence electrons. The van der Waals surface area contributed by atoms with Crippen molar-refractivity contribution in [3.05, 3.63) is 24.3 Å². The van der Waals surface area contributed by atoms with Crippen LogP contribution in [-0.2, 0) is 89.7 Å². The van der Waals surface area contributed by atoms with Crippen LogP contribution >= 0.6 is 7.82 Å². The van der Waals surface area contributed by atoms with E-state index in [2.05, 4.69) is 17.2 Å². The van der Waals surface area contributed by atoms with Crippen molar-refractivity contribution in [1.29, 1.82) is 0 Å². The molecule has 29 atom stereocenters. The number of aliphatic hydroxyl groups excluding tert-OH is 10. The highest BCUT2D eigenvalue weighted by atomic mass is 31.2. The second-order valence-corrected chi connectivity index (χ2v) is 24.5. The molecule has 0 bridgehead atoms. The largest absolute Gasteiger partial charge is 0.479 e. The molecule has 38 nitrogen and oxygen atoms in total. The van der Waals surface area contributed by atoms with Gasteiger partial charge in [-0.3, -0.25) is 28.2 Å². The van der Waals surface area contributed by atoms with E-state index in [-0.39, 0.29) is 0 Å². The molecule has 5 rings (SSSR count). The Labute approximate surface area is 519 Å². The number of rotatable bonds is 30. The van der Waals surface area contributed by atoms with E-state index in [1.54, 1.807) is 6.92 Å². The fraction of sp³-hybridized carbons (Fsp3) is 0.808. The average molecular weight is 1340 g/mol. The Morgan fingerprint density at radius 3 is 1.80 bits per heavy atom. The summed E-state index contributed by atoms with van der Waals surface area (Å²) in [5.41, 5.74) is 13.4. The van der Waals surface area contributed by atoms with Gasteiger partial charge in [0.25, 0.3) is 0 Å². The third-order valence-corrected chi connectivity index (χ3v) is 16.7. The third-order valence-electron chi connectivity index (χ3n) is 15.7. The number of carbonyl (C=O) groups excluding carboxylic acids is 5. The van der Waals surface area contributed by atoms with Crippen LogP contribution in [-0.4, -0.2) is 293 Å². The Morgan fingerprint density at radius 2 is 1.26 bits per heavy atom. The van der Waals surface area contributed by atoms with Crippen LogP contribution in [0.15, 0.2) is 24.3 Å². The van der Waals surface area contributed by atoms with Gasteiger partial charge < -0.3 is 146 Å². The molecule has 39 heteroatoms. The van der Waals surface area contributed by atoms with E-state index in [4.69, 9.17) is 78.4 Å².